The van der Waals surface area contributed by atoms with Crippen molar-refractivity contribution in [1.29, 1.82) is 0 Å². The Bertz CT molecular complexity index is 1880. The van der Waals surface area contributed by atoms with Crippen LogP contribution in [0.25, 0.3) is 32.9 Å². The smallest absolute Gasteiger partial charge is 0.319 e. The minimum Gasteiger partial charge on any atom is -0.508 e. The molecule has 2 aromatic heterocycles. The third-order valence-electron chi connectivity index (χ3n) is 9.67. The summed E-state index contributed by atoms with van der Waals surface area (Å²) in [6, 6.07) is 5.37. The molecule has 1 N–H and O–H groups in total. The monoisotopic (exact) mass is 587 g/mol. The first kappa shape index (κ1) is 26.3. The van der Waals surface area contributed by atoms with E-state index in [-0.39, 0.29) is 64.1 Å². The van der Waals surface area contributed by atoms with Crippen molar-refractivity contribution >= 4 is 27.5 Å². The van der Waals surface area contributed by atoms with Crippen LogP contribution in [0.4, 0.5) is 19.0 Å². The summed E-state index contributed by atoms with van der Waals surface area (Å²) >= 11 is 0. The molecule has 3 fully saturated rings. The van der Waals surface area contributed by atoms with E-state index in [0.717, 1.165) is 32.2 Å². The van der Waals surface area contributed by atoms with Gasteiger partial charge in [-0.2, -0.15) is 9.97 Å². The Morgan fingerprint density at radius 2 is 2.05 bits per heavy atom. The third kappa shape index (κ3) is 3.85. The number of hydrogen-bond donors (Lipinski definition) is 1. The summed E-state index contributed by atoms with van der Waals surface area (Å²) in [5.74, 6) is 1.29. The fourth-order valence-corrected chi connectivity index (χ4v) is 7.42. The SMILES string of the molecule is C#Cc1c(F)ccc2cc(O)cc(-c3nc4c5c(nc(OC[C@@]67CCCN6C[C@H](F)C7)nc5c3F)N(C)[C@H]3CC[C@@H]3O4)c12. The molecule has 220 valence electrons. The zero-order valence-corrected chi connectivity index (χ0v) is 23.4. The molecule has 4 aromatic rings. The van der Waals surface area contributed by atoms with Crippen LogP contribution in [-0.2, 0) is 0 Å². The van der Waals surface area contributed by atoms with Crippen molar-refractivity contribution in [2.24, 2.45) is 0 Å². The van der Waals surface area contributed by atoms with Crippen molar-refractivity contribution in [2.75, 3.05) is 31.6 Å². The second-order valence-corrected chi connectivity index (χ2v) is 12.1. The number of nitrogens with zero attached hydrogens (tertiary/aromatic N) is 5. The molecule has 2 aromatic carbocycles. The molecular weight excluding hydrogens is 559 g/mol. The predicted molar refractivity (Wildman–Crippen MR) is 154 cm³/mol. The van der Waals surface area contributed by atoms with Gasteiger partial charge < -0.3 is 19.5 Å². The Balaban J connectivity index is 1.33. The van der Waals surface area contributed by atoms with Gasteiger partial charge in [0, 0.05) is 31.0 Å². The average Bonchev–Trinajstić information content (AvgIpc) is 3.48. The molecule has 43 heavy (non-hydrogen) atoms. The topological polar surface area (TPSA) is 83.8 Å². The molecule has 8 rings (SSSR count). The average molecular weight is 588 g/mol. The summed E-state index contributed by atoms with van der Waals surface area (Å²) in [4.78, 5) is 17.9. The lowest BCUT2D eigenvalue weighted by molar-refractivity contribution is 0.0903. The fraction of sp³-hybridized carbons (Fsp3) is 0.406. The quantitative estimate of drug-likeness (QED) is 0.330. The first-order valence-electron chi connectivity index (χ1n) is 14.5. The molecule has 11 heteroatoms. The van der Waals surface area contributed by atoms with Crippen LogP contribution in [0.5, 0.6) is 17.6 Å². The Labute approximate surface area is 245 Å². The van der Waals surface area contributed by atoms with Crippen LogP contribution in [-0.4, -0.2) is 75.6 Å². The van der Waals surface area contributed by atoms with Crippen molar-refractivity contribution in [3.63, 3.8) is 0 Å². The van der Waals surface area contributed by atoms with Gasteiger partial charge in [-0.3, -0.25) is 4.90 Å². The van der Waals surface area contributed by atoms with Crippen molar-refractivity contribution in [3.8, 4) is 41.2 Å². The number of hydrogen-bond acceptors (Lipinski definition) is 8. The first-order chi connectivity index (χ1) is 20.8. The first-order valence-corrected chi connectivity index (χ1v) is 14.5. The summed E-state index contributed by atoms with van der Waals surface area (Å²) in [5, 5.41) is 11.5. The van der Waals surface area contributed by atoms with Crippen LogP contribution >= 0.6 is 0 Å². The standard InChI is InChI=1S/C32H28F3N5O3/c1-3-19-21(34)6-5-16-11-18(41)12-20(24(16)19)27-26(35)28-25-29(39(2)22-7-8-23(22)43-30(25)36-27)38-31(37-28)42-15-32-9-4-10-40(32)14-17(33)13-32/h1,5-6,11-12,17,22-23,41H,4,7-10,13-15H2,2H3/t17-,22+,23+,32+/m1/s1. The van der Waals surface area contributed by atoms with Gasteiger partial charge in [0.1, 0.15) is 52.9 Å². The third-order valence-corrected chi connectivity index (χ3v) is 9.67. The summed E-state index contributed by atoms with van der Waals surface area (Å²) in [5.41, 5.74) is -0.692. The molecule has 3 aliphatic heterocycles. The second kappa shape index (κ2) is 9.35. The Kier molecular flexibility index (Phi) is 5.73. The van der Waals surface area contributed by atoms with Gasteiger partial charge >= 0.3 is 6.01 Å². The lowest BCUT2D eigenvalue weighted by Crippen LogP contribution is -2.51. The molecular formula is C32H28F3N5O3. The number of aromatic nitrogens is 3. The molecule has 4 atom stereocenters. The number of terminal acetylenes is 1. The van der Waals surface area contributed by atoms with Gasteiger partial charge in [0.2, 0.25) is 5.88 Å². The predicted octanol–water partition coefficient (Wildman–Crippen LogP) is 5.12. The highest BCUT2D eigenvalue weighted by molar-refractivity contribution is 6.04. The van der Waals surface area contributed by atoms with E-state index in [1.165, 1.54) is 24.3 Å². The summed E-state index contributed by atoms with van der Waals surface area (Å²) in [6.45, 7) is 1.36. The number of likely N-dealkylation sites (N-methyl/N-ethyl adjacent to an activating group) is 1. The zero-order valence-electron chi connectivity index (χ0n) is 23.4. The van der Waals surface area contributed by atoms with Crippen LogP contribution in [0.15, 0.2) is 24.3 Å². The number of ether oxygens (including phenoxy) is 2. The van der Waals surface area contributed by atoms with E-state index in [1.54, 1.807) is 0 Å². The van der Waals surface area contributed by atoms with Crippen LogP contribution < -0.4 is 14.4 Å². The van der Waals surface area contributed by atoms with Crippen LogP contribution in [0.1, 0.15) is 37.7 Å². The van der Waals surface area contributed by atoms with Gasteiger partial charge in [-0.15, -0.1) is 6.42 Å². The molecule has 0 radical (unpaired) electrons. The lowest BCUT2D eigenvalue weighted by atomic mass is 9.88. The molecule has 2 saturated heterocycles. The number of benzene rings is 2. The van der Waals surface area contributed by atoms with E-state index >= 15 is 4.39 Å². The van der Waals surface area contributed by atoms with E-state index in [4.69, 9.17) is 20.9 Å². The summed E-state index contributed by atoms with van der Waals surface area (Å²) < 4.78 is 58.5. The van der Waals surface area contributed by atoms with Crippen molar-refractivity contribution in [1.82, 2.24) is 19.9 Å². The van der Waals surface area contributed by atoms with Crippen molar-refractivity contribution < 1.29 is 27.8 Å². The Hall–Kier alpha value is -4.30. The van der Waals surface area contributed by atoms with Gasteiger partial charge in [0.25, 0.3) is 0 Å². The number of rotatable bonds is 4. The van der Waals surface area contributed by atoms with E-state index in [2.05, 4.69) is 20.8 Å². The Morgan fingerprint density at radius 3 is 2.84 bits per heavy atom. The number of fused-ring (bicyclic) bond motifs is 3. The maximum atomic E-state index is 16.8. The van der Waals surface area contributed by atoms with Gasteiger partial charge in [-0.1, -0.05) is 12.0 Å². The minimum absolute atomic E-state index is 0.0126. The molecule has 1 saturated carbocycles. The highest BCUT2D eigenvalue weighted by Gasteiger charge is 2.49. The van der Waals surface area contributed by atoms with Crippen LogP contribution in [0.2, 0.25) is 0 Å². The number of anilines is 1. The number of pyridine rings is 1. The van der Waals surface area contributed by atoms with Crippen molar-refractivity contribution in [3.05, 3.63) is 41.5 Å². The van der Waals surface area contributed by atoms with E-state index in [1.807, 2.05) is 11.9 Å². The normalized spacial score (nSPS) is 26.0. The minimum atomic E-state index is -0.923. The number of halogens is 3. The molecule has 0 amide bonds. The number of alkyl halides is 1. The largest absolute Gasteiger partial charge is 0.508 e. The summed E-state index contributed by atoms with van der Waals surface area (Å²) in [7, 11) is 1.87. The Morgan fingerprint density at radius 1 is 1.19 bits per heavy atom. The van der Waals surface area contributed by atoms with Crippen LogP contribution in [0, 0.1) is 24.0 Å². The van der Waals surface area contributed by atoms with E-state index in [0.29, 0.717) is 29.6 Å². The van der Waals surface area contributed by atoms with Gasteiger partial charge in [-0.05, 0) is 55.8 Å². The highest BCUT2D eigenvalue weighted by atomic mass is 19.1. The number of phenols is 1. The van der Waals surface area contributed by atoms with Crippen molar-refractivity contribution in [2.45, 2.75) is 56.0 Å². The van der Waals surface area contributed by atoms with Gasteiger partial charge in [-0.25, -0.2) is 18.2 Å². The lowest BCUT2D eigenvalue weighted by Gasteiger charge is -2.40. The molecule has 8 nitrogen and oxygen atoms in total. The molecule has 0 unspecified atom stereocenters. The molecule has 0 spiro atoms. The van der Waals surface area contributed by atoms with E-state index < -0.39 is 23.3 Å². The number of aromatic hydroxyl groups is 1. The van der Waals surface area contributed by atoms with Gasteiger partial charge in [0.15, 0.2) is 5.82 Å². The summed E-state index contributed by atoms with van der Waals surface area (Å²) in [6.07, 6.45) is 8.31. The molecule has 1 aliphatic carbocycles. The number of phenolic OH excluding ortho intramolecular Hbond substituents is 1. The second-order valence-electron chi connectivity index (χ2n) is 12.1. The highest BCUT2D eigenvalue weighted by Crippen LogP contribution is 2.46. The molecule has 4 aliphatic rings. The van der Waals surface area contributed by atoms with Gasteiger partial charge in [0.05, 0.1) is 17.1 Å². The zero-order chi connectivity index (χ0) is 29.6. The van der Waals surface area contributed by atoms with E-state index in [9.17, 15) is 13.9 Å². The fourth-order valence-electron chi connectivity index (χ4n) is 7.42. The molecule has 5 heterocycles. The molecule has 0 bridgehead atoms. The van der Waals surface area contributed by atoms with Crippen LogP contribution in [0.3, 0.4) is 0 Å². The maximum Gasteiger partial charge on any atom is 0.319 e. The maximum absolute atomic E-state index is 16.8.